The van der Waals surface area contributed by atoms with Gasteiger partial charge in [-0.15, -0.1) is 0 Å². The maximum atomic E-state index is 13.2. The van der Waals surface area contributed by atoms with Crippen LogP contribution in [0.1, 0.15) is 16.8 Å². The SMILES string of the molecule is O=C(N[C@H]1CCN(c2ccc(F)c(Cl)c2)C1=O)c1cccnc1. The Morgan fingerprint density at radius 2 is 2.22 bits per heavy atom. The summed E-state index contributed by atoms with van der Waals surface area (Å²) >= 11 is 5.75. The standard InChI is InChI=1S/C16H13ClFN3O2/c17-12-8-11(3-4-13(12)18)21-7-5-14(16(21)23)20-15(22)10-2-1-6-19-9-10/h1-4,6,8-9,14H,5,7H2,(H,20,22)/t14-/m0/s1. The number of pyridine rings is 1. The van der Waals surface area contributed by atoms with E-state index in [-0.39, 0.29) is 16.8 Å². The molecule has 1 aromatic carbocycles. The molecule has 0 radical (unpaired) electrons. The Morgan fingerprint density at radius 1 is 1.39 bits per heavy atom. The molecule has 1 N–H and O–H groups in total. The number of amides is 2. The van der Waals surface area contributed by atoms with E-state index < -0.39 is 11.9 Å². The molecule has 3 rings (SSSR count). The van der Waals surface area contributed by atoms with Crippen LogP contribution in [-0.4, -0.2) is 29.4 Å². The first kappa shape index (κ1) is 15.4. The summed E-state index contributed by atoms with van der Waals surface area (Å²) in [6, 6.07) is 6.76. The fourth-order valence-electron chi connectivity index (χ4n) is 2.46. The summed E-state index contributed by atoms with van der Waals surface area (Å²) in [7, 11) is 0. The van der Waals surface area contributed by atoms with Gasteiger partial charge < -0.3 is 10.2 Å². The van der Waals surface area contributed by atoms with Gasteiger partial charge in [-0.25, -0.2) is 4.39 Å². The summed E-state index contributed by atoms with van der Waals surface area (Å²) in [6.07, 6.45) is 3.48. The predicted octanol–water partition coefficient (Wildman–Crippen LogP) is 2.41. The monoisotopic (exact) mass is 333 g/mol. The van der Waals surface area contributed by atoms with Gasteiger partial charge in [-0.1, -0.05) is 11.6 Å². The summed E-state index contributed by atoms with van der Waals surface area (Å²) in [6.45, 7) is 0.429. The van der Waals surface area contributed by atoms with E-state index >= 15 is 0 Å². The minimum Gasteiger partial charge on any atom is -0.340 e. The fourth-order valence-corrected chi connectivity index (χ4v) is 2.64. The van der Waals surface area contributed by atoms with Gasteiger partial charge >= 0.3 is 0 Å². The zero-order valence-electron chi connectivity index (χ0n) is 12.0. The van der Waals surface area contributed by atoms with Crippen LogP contribution in [0.25, 0.3) is 0 Å². The summed E-state index contributed by atoms with van der Waals surface area (Å²) in [5.74, 6) is -1.14. The van der Waals surface area contributed by atoms with Crippen LogP contribution in [0.3, 0.4) is 0 Å². The van der Waals surface area contributed by atoms with Gasteiger partial charge in [0.15, 0.2) is 0 Å². The Morgan fingerprint density at radius 3 is 2.91 bits per heavy atom. The first-order valence-corrected chi connectivity index (χ1v) is 7.41. The molecule has 0 aliphatic carbocycles. The molecule has 0 spiro atoms. The molecule has 1 fully saturated rings. The fraction of sp³-hybridized carbons (Fsp3) is 0.188. The quantitative estimate of drug-likeness (QED) is 0.938. The normalized spacial score (nSPS) is 17.4. The molecular weight excluding hydrogens is 321 g/mol. The number of aromatic nitrogens is 1. The number of hydrogen-bond donors (Lipinski definition) is 1. The zero-order chi connectivity index (χ0) is 16.4. The van der Waals surface area contributed by atoms with Crippen LogP contribution in [0.2, 0.25) is 5.02 Å². The lowest BCUT2D eigenvalue weighted by Gasteiger charge is -2.17. The van der Waals surface area contributed by atoms with Crippen LogP contribution in [0.15, 0.2) is 42.7 Å². The Kier molecular flexibility index (Phi) is 4.25. The van der Waals surface area contributed by atoms with Crippen molar-refractivity contribution >= 4 is 29.1 Å². The van der Waals surface area contributed by atoms with Crippen LogP contribution < -0.4 is 10.2 Å². The average molecular weight is 334 g/mol. The van der Waals surface area contributed by atoms with Crippen molar-refractivity contribution in [3.05, 3.63) is 59.1 Å². The third-order valence-corrected chi connectivity index (χ3v) is 3.94. The largest absolute Gasteiger partial charge is 0.340 e. The molecule has 2 aromatic rings. The first-order valence-electron chi connectivity index (χ1n) is 7.03. The first-order chi connectivity index (χ1) is 11.1. The molecule has 2 heterocycles. The topological polar surface area (TPSA) is 62.3 Å². The molecule has 1 atom stereocenters. The molecular formula is C16H13ClFN3O2. The van der Waals surface area contributed by atoms with Crippen LogP contribution in [0, 0.1) is 5.82 Å². The van der Waals surface area contributed by atoms with Gasteiger partial charge in [0.05, 0.1) is 10.6 Å². The molecule has 1 saturated heterocycles. The molecule has 1 aliphatic rings. The van der Waals surface area contributed by atoms with Crippen LogP contribution in [-0.2, 0) is 4.79 Å². The third kappa shape index (κ3) is 3.17. The number of anilines is 1. The molecule has 0 bridgehead atoms. The van der Waals surface area contributed by atoms with Crippen molar-refractivity contribution in [2.45, 2.75) is 12.5 Å². The Bertz CT molecular complexity index is 754. The number of benzene rings is 1. The summed E-state index contributed by atoms with van der Waals surface area (Å²) in [4.78, 5) is 29.9. The van der Waals surface area contributed by atoms with E-state index in [0.717, 1.165) is 0 Å². The second kappa shape index (κ2) is 6.34. The Hall–Kier alpha value is -2.47. The zero-order valence-corrected chi connectivity index (χ0v) is 12.8. The van der Waals surface area contributed by atoms with Gasteiger partial charge in [-0.2, -0.15) is 0 Å². The van der Waals surface area contributed by atoms with Crippen molar-refractivity contribution in [2.24, 2.45) is 0 Å². The van der Waals surface area contributed by atoms with Crippen molar-refractivity contribution in [2.75, 3.05) is 11.4 Å². The number of carbonyl (C=O) groups excluding carboxylic acids is 2. The van der Waals surface area contributed by atoms with Crippen molar-refractivity contribution in [1.82, 2.24) is 10.3 Å². The lowest BCUT2D eigenvalue weighted by atomic mass is 10.2. The number of halogens is 2. The number of rotatable bonds is 3. The van der Waals surface area contributed by atoms with Crippen molar-refractivity contribution in [3.8, 4) is 0 Å². The van der Waals surface area contributed by atoms with Gasteiger partial charge in [0.2, 0.25) is 5.91 Å². The maximum absolute atomic E-state index is 13.2. The van der Waals surface area contributed by atoms with E-state index in [4.69, 9.17) is 11.6 Å². The molecule has 5 nitrogen and oxygen atoms in total. The minimum atomic E-state index is -0.619. The van der Waals surface area contributed by atoms with Crippen molar-refractivity contribution < 1.29 is 14.0 Å². The van der Waals surface area contributed by atoms with E-state index in [0.29, 0.717) is 24.2 Å². The number of nitrogens with one attached hydrogen (secondary N) is 1. The van der Waals surface area contributed by atoms with E-state index in [9.17, 15) is 14.0 Å². The molecule has 23 heavy (non-hydrogen) atoms. The summed E-state index contributed by atoms with van der Waals surface area (Å²) in [5, 5.41) is 2.65. The van der Waals surface area contributed by atoms with E-state index in [1.54, 1.807) is 18.3 Å². The van der Waals surface area contributed by atoms with Gasteiger partial charge in [-0.05, 0) is 36.8 Å². The molecule has 0 unspecified atom stereocenters. The smallest absolute Gasteiger partial charge is 0.253 e. The van der Waals surface area contributed by atoms with Gasteiger partial charge in [0.25, 0.3) is 5.91 Å². The molecule has 1 aliphatic heterocycles. The lowest BCUT2D eigenvalue weighted by Crippen LogP contribution is -2.41. The van der Waals surface area contributed by atoms with E-state index in [2.05, 4.69) is 10.3 Å². The molecule has 118 valence electrons. The van der Waals surface area contributed by atoms with Gasteiger partial charge in [-0.3, -0.25) is 14.6 Å². The van der Waals surface area contributed by atoms with E-state index in [1.807, 2.05) is 0 Å². The Balaban J connectivity index is 1.71. The molecule has 2 amide bonds. The number of carbonyl (C=O) groups is 2. The highest BCUT2D eigenvalue weighted by atomic mass is 35.5. The van der Waals surface area contributed by atoms with Gasteiger partial charge in [0.1, 0.15) is 11.9 Å². The van der Waals surface area contributed by atoms with Crippen LogP contribution in [0.5, 0.6) is 0 Å². The number of hydrogen-bond acceptors (Lipinski definition) is 3. The average Bonchev–Trinajstić information content (AvgIpc) is 2.92. The molecule has 7 heteroatoms. The second-order valence-corrected chi connectivity index (χ2v) is 5.55. The highest BCUT2D eigenvalue weighted by Gasteiger charge is 2.34. The lowest BCUT2D eigenvalue weighted by molar-refractivity contribution is -0.118. The van der Waals surface area contributed by atoms with Crippen LogP contribution >= 0.6 is 11.6 Å². The van der Waals surface area contributed by atoms with Crippen molar-refractivity contribution in [1.29, 1.82) is 0 Å². The molecule has 1 aromatic heterocycles. The van der Waals surface area contributed by atoms with Crippen molar-refractivity contribution in [3.63, 3.8) is 0 Å². The third-order valence-electron chi connectivity index (χ3n) is 3.65. The summed E-state index contributed by atoms with van der Waals surface area (Å²) in [5.41, 5.74) is 0.906. The minimum absolute atomic E-state index is 0.0434. The predicted molar refractivity (Wildman–Crippen MR) is 83.9 cm³/mol. The maximum Gasteiger partial charge on any atom is 0.253 e. The second-order valence-electron chi connectivity index (χ2n) is 5.14. The van der Waals surface area contributed by atoms with E-state index in [1.165, 1.54) is 29.3 Å². The number of nitrogens with zero attached hydrogens (tertiary/aromatic N) is 2. The van der Waals surface area contributed by atoms with Gasteiger partial charge in [0, 0.05) is 24.6 Å². The molecule has 0 saturated carbocycles. The Labute approximate surface area is 137 Å². The highest BCUT2D eigenvalue weighted by molar-refractivity contribution is 6.31. The van der Waals surface area contributed by atoms with Crippen LogP contribution in [0.4, 0.5) is 10.1 Å². The summed E-state index contributed by atoms with van der Waals surface area (Å²) < 4.78 is 13.2. The highest BCUT2D eigenvalue weighted by Crippen LogP contribution is 2.26.